The maximum Gasteiger partial charge on any atom is 0.322 e. The second kappa shape index (κ2) is 7.63. The molecule has 0 radical (unpaired) electrons. The molecule has 3 heterocycles. The summed E-state index contributed by atoms with van der Waals surface area (Å²) in [4.78, 5) is 32.8. The Balaban J connectivity index is 1.33. The topological polar surface area (TPSA) is 121 Å². The number of rotatable bonds is 6. The number of amides is 3. The molecule has 3 amide bonds. The first-order chi connectivity index (χ1) is 15.3. The van der Waals surface area contributed by atoms with Crippen LogP contribution in [0, 0.1) is 0 Å². The quantitative estimate of drug-likeness (QED) is 0.640. The lowest BCUT2D eigenvalue weighted by atomic mass is 9.96. The van der Waals surface area contributed by atoms with Gasteiger partial charge in [0.15, 0.2) is 0 Å². The van der Waals surface area contributed by atoms with Crippen LogP contribution in [-0.2, 0) is 27.8 Å². The van der Waals surface area contributed by atoms with Crippen molar-refractivity contribution in [1.29, 1.82) is 0 Å². The van der Waals surface area contributed by atoms with Crippen molar-refractivity contribution in [3.63, 3.8) is 0 Å². The number of benzene rings is 1. The summed E-state index contributed by atoms with van der Waals surface area (Å²) in [6, 6.07) is 5.33. The van der Waals surface area contributed by atoms with E-state index in [4.69, 9.17) is 0 Å². The van der Waals surface area contributed by atoms with E-state index < -0.39 is 33.3 Å². The molecule has 1 aromatic heterocycles. The lowest BCUT2D eigenvalue weighted by Crippen LogP contribution is -2.54. The van der Waals surface area contributed by atoms with Gasteiger partial charge in [-0.05, 0) is 42.4 Å². The van der Waals surface area contributed by atoms with E-state index in [2.05, 4.69) is 26.7 Å². The van der Waals surface area contributed by atoms with E-state index >= 15 is 0 Å². The van der Waals surface area contributed by atoms with Crippen LogP contribution in [0.2, 0.25) is 0 Å². The zero-order valence-corrected chi connectivity index (χ0v) is 18.6. The first-order valence-electron chi connectivity index (χ1n) is 10.9. The number of aromatic nitrogens is 2. The lowest BCUT2D eigenvalue weighted by Gasteiger charge is -2.32. The van der Waals surface area contributed by atoms with Crippen molar-refractivity contribution >= 4 is 22.0 Å². The van der Waals surface area contributed by atoms with E-state index in [1.807, 2.05) is 24.5 Å². The van der Waals surface area contributed by atoms with Gasteiger partial charge >= 0.3 is 6.03 Å². The number of imide groups is 1. The van der Waals surface area contributed by atoms with E-state index in [0.29, 0.717) is 18.9 Å². The molecule has 2 N–H and O–H groups in total. The van der Waals surface area contributed by atoms with Crippen LogP contribution in [0.3, 0.4) is 0 Å². The molecule has 0 spiro atoms. The largest absolute Gasteiger partial charge is 0.322 e. The van der Waals surface area contributed by atoms with Crippen molar-refractivity contribution < 1.29 is 18.0 Å². The van der Waals surface area contributed by atoms with Gasteiger partial charge in [0.2, 0.25) is 10.0 Å². The van der Waals surface area contributed by atoms with Gasteiger partial charge in [0, 0.05) is 37.0 Å². The summed E-state index contributed by atoms with van der Waals surface area (Å²) in [5.41, 5.74) is 2.56. The molecular weight excluding hydrogens is 430 g/mol. The van der Waals surface area contributed by atoms with Gasteiger partial charge < -0.3 is 5.32 Å². The summed E-state index contributed by atoms with van der Waals surface area (Å²) >= 11 is 0. The minimum Gasteiger partial charge on any atom is -0.322 e. The third-order valence-corrected chi connectivity index (χ3v) is 8.53. The molecule has 168 valence electrons. The number of urea groups is 1. The van der Waals surface area contributed by atoms with Gasteiger partial charge in [-0.1, -0.05) is 25.1 Å². The number of sulfonamides is 1. The predicted octanol–water partition coefficient (Wildman–Crippen LogP) is 1.70. The van der Waals surface area contributed by atoms with Gasteiger partial charge in [-0.3, -0.25) is 10.1 Å². The Bertz CT molecular complexity index is 1190. The molecule has 1 saturated heterocycles. The molecule has 1 unspecified atom stereocenters. The third kappa shape index (κ3) is 3.77. The van der Waals surface area contributed by atoms with Gasteiger partial charge in [0.05, 0.1) is 5.75 Å². The Morgan fingerprint density at radius 1 is 1.12 bits per heavy atom. The number of hydrogen-bond donors (Lipinski definition) is 2. The summed E-state index contributed by atoms with van der Waals surface area (Å²) < 4.78 is 27.7. The highest BCUT2D eigenvalue weighted by Gasteiger charge is 2.49. The van der Waals surface area contributed by atoms with Crippen LogP contribution in [0.5, 0.6) is 0 Å². The fourth-order valence-corrected chi connectivity index (χ4v) is 6.28. The first-order valence-corrected chi connectivity index (χ1v) is 12.5. The second-order valence-electron chi connectivity index (χ2n) is 8.77. The van der Waals surface area contributed by atoms with Gasteiger partial charge in [0.1, 0.15) is 11.4 Å². The smallest absolute Gasteiger partial charge is 0.322 e. The van der Waals surface area contributed by atoms with E-state index in [1.54, 1.807) is 6.92 Å². The fourth-order valence-electron chi connectivity index (χ4n) is 4.37. The Hall–Kier alpha value is -2.85. The molecular formula is C22H25N5O4S. The maximum absolute atomic E-state index is 13.1. The van der Waals surface area contributed by atoms with Crippen LogP contribution in [0.15, 0.2) is 30.6 Å². The monoisotopic (exact) mass is 455 g/mol. The summed E-state index contributed by atoms with van der Waals surface area (Å²) in [5.74, 6) is 0.373. The molecule has 2 fully saturated rings. The van der Waals surface area contributed by atoms with Crippen LogP contribution in [0.25, 0.3) is 11.1 Å². The standard InChI is InChI=1S/C22H25N5O4S/c1-2-22(20(28)25-21(29)26-22)13-32(30,31)27-8-7-16-9-15(5-6-17(16)12-27)18-10-23-19(24-11-18)14-3-4-14/h5-6,9-11,14H,2-4,7-8,12-13H2,1H3,(H2,25,26,28,29). The molecule has 1 atom stereocenters. The maximum atomic E-state index is 13.1. The number of hydrogen-bond acceptors (Lipinski definition) is 6. The highest BCUT2D eigenvalue weighted by molar-refractivity contribution is 7.89. The van der Waals surface area contributed by atoms with E-state index in [1.165, 1.54) is 4.31 Å². The molecule has 5 rings (SSSR count). The van der Waals surface area contributed by atoms with Crippen molar-refractivity contribution in [3.8, 4) is 11.1 Å². The lowest BCUT2D eigenvalue weighted by molar-refractivity contribution is -0.123. The number of carbonyl (C=O) groups is 2. The average Bonchev–Trinajstić information content (AvgIpc) is 3.59. The zero-order chi connectivity index (χ0) is 22.5. The Morgan fingerprint density at radius 3 is 2.50 bits per heavy atom. The van der Waals surface area contributed by atoms with Crippen molar-refractivity contribution in [2.24, 2.45) is 0 Å². The molecule has 32 heavy (non-hydrogen) atoms. The van der Waals surface area contributed by atoms with Gasteiger partial charge in [-0.2, -0.15) is 4.31 Å². The normalized spacial score (nSPS) is 23.5. The second-order valence-corrected chi connectivity index (χ2v) is 10.7. The molecule has 1 aromatic carbocycles. The third-order valence-electron chi connectivity index (χ3n) is 6.57. The molecule has 1 saturated carbocycles. The first kappa shape index (κ1) is 21.0. The van der Waals surface area contributed by atoms with Crippen LogP contribution >= 0.6 is 0 Å². The number of fused-ring (bicyclic) bond motifs is 1. The zero-order valence-electron chi connectivity index (χ0n) is 17.8. The van der Waals surface area contributed by atoms with E-state index in [-0.39, 0.29) is 13.0 Å². The highest BCUT2D eigenvalue weighted by Crippen LogP contribution is 2.38. The van der Waals surface area contributed by atoms with Crippen molar-refractivity contribution in [3.05, 3.63) is 47.5 Å². The van der Waals surface area contributed by atoms with E-state index in [9.17, 15) is 18.0 Å². The molecule has 1 aliphatic carbocycles. The Morgan fingerprint density at radius 2 is 1.88 bits per heavy atom. The predicted molar refractivity (Wildman–Crippen MR) is 117 cm³/mol. The summed E-state index contributed by atoms with van der Waals surface area (Å²) in [7, 11) is -3.77. The number of carbonyl (C=O) groups excluding carboxylic acids is 2. The van der Waals surface area contributed by atoms with Crippen molar-refractivity contribution in [1.82, 2.24) is 24.9 Å². The molecule has 9 nitrogen and oxygen atoms in total. The van der Waals surface area contributed by atoms with E-state index in [0.717, 1.165) is 40.9 Å². The Kier molecular flexibility index (Phi) is 5.01. The highest BCUT2D eigenvalue weighted by atomic mass is 32.2. The summed E-state index contributed by atoms with van der Waals surface area (Å²) in [5, 5.41) is 4.66. The fraction of sp³-hybridized carbons (Fsp3) is 0.455. The van der Waals surface area contributed by atoms with Crippen LogP contribution in [-0.4, -0.2) is 52.5 Å². The van der Waals surface area contributed by atoms with Crippen LogP contribution in [0.4, 0.5) is 4.79 Å². The molecule has 10 heteroatoms. The minimum atomic E-state index is -3.77. The SMILES string of the molecule is CCC1(CS(=O)(=O)N2CCc3cc(-c4cnc(C5CC5)nc4)ccc3C2)NC(=O)NC1=O. The number of nitrogens with one attached hydrogen (secondary N) is 2. The van der Waals surface area contributed by atoms with Crippen LogP contribution in [0.1, 0.15) is 49.1 Å². The van der Waals surface area contributed by atoms with Crippen LogP contribution < -0.4 is 10.6 Å². The molecule has 2 aliphatic heterocycles. The number of nitrogens with zero attached hydrogens (tertiary/aromatic N) is 3. The van der Waals surface area contributed by atoms with Gasteiger partial charge in [-0.15, -0.1) is 0 Å². The molecule has 0 bridgehead atoms. The average molecular weight is 456 g/mol. The van der Waals surface area contributed by atoms with Crippen molar-refractivity contribution in [2.75, 3.05) is 12.3 Å². The van der Waals surface area contributed by atoms with Gasteiger partial charge in [0.25, 0.3) is 5.91 Å². The summed E-state index contributed by atoms with van der Waals surface area (Å²) in [6.45, 7) is 2.25. The minimum absolute atomic E-state index is 0.194. The Labute approximate surface area is 186 Å². The van der Waals surface area contributed by atoms with Crippen molar-refractivity contribution in [2.45, 2.75) is 50.6 Å². The molecule has 3 aliphatic rings. The van der Waals surface area contributed by atoms with Gasteiger partial charge in [-0.25, -0.2) is 23.2 Å². The molecule has 2 aromatic rings. The summed E-state index contributed by atoms with van der Waals surface area (Å²) in [6.07, 6.45) is 6.79.